The number of benzene rings is 4. The maximum atomic E-state index is 14.6. The number of hydrogen-bond donors (Lipinski definition) is 0. The second kappa shape index (κ2) is 10.9. The van der Waals surface area contributed by atoms with E-state index in [4.69, 9.17) is 0 Å². The van der Waals surface area contributed by atoms with Crippen molar-refractivity contribution in [2.45, 2.75) is 39.0 Å². The van der Waals surface area contributed by atoms with Gasteiger partial charge in [-0.2, -0.15) is 0 Å². The predicted molar refractivity (Wildman–Crippen MR) is 129 cm³/mol. The summed E-state index contributed by atoms with van der Waals surface area (Å²) in [5.41, 5.74) is 1.55. The zero-order valence-electron chi connectivity index (χ0n) is 19.5. The second-order valence-electron chi connectivity index (χ2n) is 8.64. The fourth-order valence-electron chi connectivity index (χ4n) is 4.02. The lowest BCUT2D eigenvalue weighted by Gasteiger charge is -2.08. The van der Waals surface area contributed by atoms with Gasteiger partial charge < -0.3 is 0 Å². The van der Waals surface area contributed by atoms with Gasteiger partial charge in [0.15, 0.2) is 17.5 Å². The Balaban J connectivity index is 1.51. The van der Waals surface area contributed by atoms with E-state index in [0.717, 1.165) is 43.0 Å². The van der Waals surface area contributed by atoms with Crippen LogP contribution in [0.3, 0.4) is 0 Å². The lowest BCUT2D eigenvalue weighted by Crippen LogP contribution is -2.00. The molecule has 6 heteroatoms. The fourth-order valence-corrected chi connectivity index (χ4v) is 4.02. The Morgan fingerprint density at radius 2 is 1.33 bits per heavy atom. The molecule has 0 N–H and O–H groups in total. The molecule has 0 radical (unpaired) electrons. The zero-order valence-corrected chi connectivity index (χ0v) is 19.5. The zero-order chi connectivity index (χ0) is 25.8. The first kappa shape index (κ1) is 25.4. The van der Waals surface area contributed by atoms with E-state index in [0.29, 0.717) is 11.1 Å². The van der Waals surface area contributed by atoms with Crippen LogP contribution in [0.4, 0.5) is 26.3 Å². The molecule has 36 heavy (non-hydrogen) atoms. The van der Waals surface area contributed by atoms with Gasteiger partial charge >= 0.3 is 0 Å². The van der Waals surface area contributed by atoms with Gasteiger partial charge in [-0.3, -0.25) is 0 Å². The number of unbranched alkanes of at least 4 members (excludes halogenated alkanes) is 1. The first-order valence-corrected chi connectivity index (χ1v) is 11.6. The topological polar surface area (TPSA) is 0 Å². The van der Waals surface area contributed by atoms with Gasteiger partial charge in [0.2, 0.25) is 0 Å². The molecule has 0 bridgehead atoms. The van der Waals surface area contributed by atoms with Crippen molar-refractivity contribution in [2.24, 2.45) is 0 Å². The number of rotatable bonds is 6. The van der Waals surface area contributed by atoms with Crippen molar-refractivity contribution < 1.29 is 26.3 Å². The molecule has 0 unspecified atom stereocenters. The maximum Gasteiger partial charge on any atom is 0.195 e. The molecule has 4 aromatic carbocycles. The molecule has 0 fully saturated rings. The van der Waals surface area contributed by atoms with Crippen molar-refractivity contribution in [3.8, 4) is 11.8 Å². The lowest BCUT2D eigenvalue weighted by atomic mass is 9.99. The molecule has 0 nitrogen and oxygen atoms in total. The van der Waals surface area contributed by atoms with Crippen LogP contribution in [-0.4, -0.2) is 0 Å². The number of halogens is 6. The molecular weight excluding hydrogens is 474 g/mol. The normalized spacial score (nSPS) is 11.0. The van der Waals surface area contributed by atoms with E-state index in [1.54, 1.807) is 6.07 Å². The summed E-state index contributed by atoms with van der Waals surface area (Å²) >= 11 is 0. The SMILES string of the molecule is CCCCc1ccc(CCc2cc(F)c(C#Cc3ccc4c(F)c(F)c(F)cc4c3)c(F)c2)c(F)c1. The van der Waals surface area contributed by atoms with E-state index in [1.807, 2.05) is 6.07 Å². The van der Waals surface area contributed by atoms with E-state index in [-0.39, 0.29) is 35.0 Å². The Morgan fingerprint density at radius 1 is 0.611 bits per heavy atom. The molecule has 184 valence electrons. The number of aryl methyl sites for hydroxylation is 3. The second-order valence-corrected chi connectivity index (χ2v) is 8.64. The molecule has 0 saturated carbocycles. The van der Waals surface area contributed by atoms with Crippen LogP contribution in [-0.2, 0) is 19.3 Å². The third-order valence-corrected chi connectivity index (χ3v) is 6.03. The van der Waals surface area contributed by atoms with E-state index in [1.165, 1.54) is 24.3 Å². The highest BCUT2D eigenvalue weighted by Crippen LogP contribution is 2.24. The minimum atomic E-state index is -1.57. The summed E-state index contributed by atoms with van der Waals surface area (Å²) in [5.74, 6) is -1.31. The van der Waals surface area contributed by atoms with Gasteiger partial charge in [0.25, 0.3) is 0 Å². The quantitative estimate of drug-likeness (QED) is 0.143. The van der Waals surface area contributed by atoms with Gasteiger partial charge in [-0.25, -0.2) is 26.3 Å². The average Bonchev–Trinajstić information content (AvgIpc) is 2.85. The minimum absolute atomic E-state index is 0.0696. The summed E-state index contributed by atoms with van der Waals surface area (Å²) in [6.45, 7) is 2.07. The van der Waals surface area contributed by atoms with Crippen molar-refractivity contribution in [1.29, 1.82) is 0 Å². The highest BCUT2D eigenvalue weighted by atomic mass is 19.2. The molecule has 0 atom stereocenters. The summed E-state index contributed by atoms with van der Waals surface area (Å²) in [7, 11) is 0. The molecular formula is C30H22F6. The van der Waals surface area contributed by atoms with Crippen LogP contribution in [0.2, 0.25) is 0 Å². The molecule has 0 saturated heterocycles. The molecule has 0 aliphatic heterocycles. The van der Waals surface area contributed by atoms with Crippen LogP contribution in [0.25, 0.3) is 10.8 Å². The third-order valence-electron chi connectivity index (χ3n) is 6.03. The van der Waals surface area contributed by atoms with E-state index in [2.05, 4.69) is 18.8 Å². The summed E-state index contributed by atoms with van der Waals surface area (Å²) in [4.78, 5) is 0. The first-order valence-electron chi connectivity index (χ1n) is 11.6. The highest BCUT2D eigenvalue weighted by molar-refractivity contribution is 5.84. The van der Waals surface area contributed by atoms with Crippen LogP contribution in [0.5, 0.6) is 0 Å². The number of fused-ring (bicyclic) bond motifs is 1. The Labute approximate surface area is 205 Å². The maximum absolute atomic E-state index is 14.6. The molecule has 0 heterocycles. The van der Waals surface area contributed by atoms with Crippen LogP contribution in [0, 0.1) is 46.7 Å². The monoisotopic (exact) mass is 496 g/mol. The first-order chi connectivity index (χ1) is 17.3. The van der Waals surface area contributed by atoms with Crippen LogP contribution < -0.4 is 0 Å². The lowest BCUT2D eigenvalue weighted by molar-refractivity contribution is 0.453. The minimum Gasteiger partial charge on any atom is -0.207 e. The number of hydrogen-bond acceptors (Lipinski definition) is 0. The molecule has 0 aliphatic rings. The van der Waals surface area contributed by atoms with Crippen LogP contribution in [0.15, 0.2) is 54.6 Å². The summed E-state index contributed by atoms with van der Waals surface area (Å²) < 4.78 is 84.5. The van der Waals surface area contributed by atoms with E-state index >= 15 is 0 Å². The van der Waals surface area contributed by atoms with Crippen molar-refractivity contribution in [1.82, 2.24) is 0 Å². The van der Waals surface area contributed by atoms with Crippen molar-refractivity contribution in [2.75, 3.05) is 0 Å². The molecule has 4 aromatic rings. The molecule has 0 amide bonds. The van der Waals surface area contributed by atoms with Gasteiger partial charge in [-0.15, -0.1) is 0 Å². The summed E-state index contributed by atoms with van der Waals surface area (Å²) in [6, 6.07) is 12.1. The highest BCUT2D eigenvalue weighted by Gasteiger charge is 2.14. The summed E-state index contributed by atoms with van der Waals surface area (Å²) in [6.07, 6.45) is 3.33. The van der Waals surface area contributed by atoms with Crippen LogP contribution in [0.1, 0.15) is 47.6 Å². The Hall–Kier alpha value is -3.72. The Bertz CT molecular complexity index is 1470. The smallest absolute Gasteiger partial charge is 0.195 e. The van der Waals surface area contributed by atoms with Gasteiger partial charge in [-0.1, -0.05) is 43.4 Å². The molecule has 4 rings (SSSR count). The van der Waals surface area contributed by atoms with Gasteiger partial charge in [0.05, 0.1) is 5.56 Å². The molecule has 0 aromatic heterocycles. The predicted octanol–water partition coefficient (Wildman–Crippen LogP) is 8.20. The largest absolute Gasteiger partial charge is 0.207 e. The Kier molecular flexibility index (Phi) is 7.69. The van der Waals surface area contributed by atoms with Gasteiger partial charge in [0.1, 0.15) is 17.5 Å². The summed E-state index contributed by atoms with van der Waals surface area (Å²) in [5, 5.41) is -0.0617. The molecule has 0 spiro atoms. The van der Waals surface area contributed by atoms with Crippen molar-refractivity contribution in [3.63, 3.8) is 0 Å². The van der Waals surface area contributed by atoms with E-state index in [9.17, 15) is 26.3 Å². The van der Waals surface area contributed by atoms with Crippen molar-refractivity contribution in [3.05, 3.63) is 117 Å². The fraction of sp³-hybridized carbons (Fsp3) is 0.200. The van der Waals surface area contributed by atoms with Gasteiger partial charge in [0, 0.05) is 10.9 Å². The molecule has 0 aliphatic carbocycles. The average molecular weight is 496 g/mol. The third kappa shape index (κ3) is 5.57. The van der Waals surface area contributed by atoms with Crippen LogP contribution >= 0.6 is 0 Å². The Morgan fingerprint density at radius 3 is 2.03 bits per heavy atom. The van der Waals surface area contributed by atoms with Gasteiger partial charge in [-0.05, 0) is 84.2 Å². The standard InChI is InChI=1S/C30H22F6/c1-2-3-4-18-5-9-21(25(31)14-18)10-6-20-15-26(32)24(27(33)16-20)12-8-19-7-11-23-22(13-19)17-28(34)30(36)29(23)35/h5,7,9,11,13-17H,2-4,6,10H2,1H3. The van der Waals surface area contributed by atoms with Crippen molar-refractivity contribution >= 4 is 10.8 Å². The van der Waals surface area contributed by atoms with E-state index < -0.39 is 34.6 Å².